The zero-order valence-electron chi connectivity index (χ0n) is 11.9. The third-order valence-corrected chi connectivity index (χ3v) is 3.59. The molecule has 2 rings (SSSR count). The first kappa shape index (κ1) is 14.4. The Balaban J connectivity index is 2.30. The van der Waals surface area contributed by atoms with Gasteiger partial charge in [0, 0.05) is 27.0 Å². The van der Waals surface area contributed by atoms with Crippen LogP contribution in [0.1, 0.15) is 50.4 Å². The molecule has 5 heteroatoms. The van der Waals surface area contributed by atoms with Crippen LogP contribution in [0.4, 0.5) is 0 Å². The summed E-state index contributed by atoms with van der Waals surface area (Å²) in [6.07, 6.45) is 5.57. The standard InChI is InChI=1S/C14H22N2O3/c1-4-19-14(8-5-6-9-14)13-15-10-7-11(16-13)12(17-2)18-3/h7,10,12H,4-6,8-9H2,1-3H3. The smallest absolute Gasteiger partial charge is 0.200 e. The van der Waals surface area contributed by atoms with Gasteiger partial charge in [0.1, 0.15) is 11.3 Å². The third-order valence-electron chi connectivity index (χ3n) is 3.59. The molecule has 5 nitrogen and oxygen atoms in total. The summed E-state index contributed by atoms with van der Waals surface area (Å²) in [5.74, 6) is 0.753. The summed E-state index contributed by atoms with van der Waals surface area (Å²) >= 11 is 0. The van der Waals surface area contributed by atoms with E-state index in [0.29, 0.717) is 6.61 Å². The fraction of sp³-hybridized carbons (Fsp3) is 0.714. The van der Waals surface area contributed by atoms with Gasteiger partial charge in [0.05, 0.1) is 0 Å². The monoisotopic (exact) mass is 266 g/mol. The molecular formula is C14H22N2O3. The molecule has 0 N–H and O–H groups in total. The minimum atomic E-state index is -0.457. The number of methoxy groups -OCH3 is 2. The van der Waals surface area contributed by atoms with Gasteiger partial charge in [-0.15, -0.1) is 0 Å². The number of hydrogen-bond donors (Lipinski definition) is 0. The van der Waals surface area contributed by atoms with Crippen molar-refractivity contribution in [3.63, 3.8) is 0 Å². The average molecular weight is 266 g/mol. The first-order valence-electron chi connectivity index (χ1n) is 6.78. The first-order valence-corrected chi connectivity index (χ1v) is 6.78. The van der Waals surface area contributed by atoms with Crippen molar-refractivity contribution in [2.45, 2.75) is 44.5 Å². The minimum Gasteiger partial charge on any atom is -0.367 e. The summed E-state index contributed by atoms with van der Waals surface area (Å²) < 4.78 is 16.5. The molecule has 0 aliphatic heterocycles. The second-order valence-corrected chi connectivity index (χ2v) is 4.74. The largest absolute Gasteiger partial charge is 0.367 e. The Bertz CT molecular complexity index is 401. The Kier molecular flexibility index (Phi) is 4.85. The first-order chi connectivity index (χ1) is 9.25. The highest BCUT2D eigenvalue weighted by Gasteiger charge is 2.39. The fourth-order valence-corrected chi connectivity index (χ4v) is 2.72. The quantitative estimate of drug-likeness (QED) is 0.741. The third kappa shape index (κ3) is 2.94. The van der Waals surface area contributed by atoms with Crippen LogP contribution in [0.2, 0.25) is 0 Å². The van der Waals surface area contributed by atoms with Crippen LogP contribution in [-0.4, -0.2) is 30.8 Å². The summed E-state index contributed by atoms with van der Waals surface area (Å²) in [5, 5.41) is 0. The number of aromatic nitrogens is 2. The van der Waals surface area contributed by atoms with Gasteiger partial charge in [-0.25, -0.2) is 9.97 Å². The molecule has 1 fully saturated rings. The topological polar surface area (TPSA) is 53.5 Å². The van der Waals surface area contributed by atoms with Crippen LogP contribution in [-0.2, 0) is 19.8 Å². The molecule has 19 heavy (non-hydrogen) atoms. The van der Waals surface area contributed by atoms with Gasteiger partial charge < -0.3 is 14.2 Å². The predicted molar refractivity (Wildman–Crippen MR) is 70.6 cm³/mol. The van der Waals surface area contributed by atoms with E-state index in [4.69, 9.17) is 14.2 Å². The zero-order chi connectivity index (χ0) is 13.7. The molecule has 1 saturated carbocycles. The van der Waals surface area contributed by atoms with E-state index in [1.54, 1.807) is 20.4 Å². The average Bonchev–Trinajstić information content (AvgIpc) is 2.91. The van der Waals surface area contributed by atoms with Crippen molar-refractivity contribution in [2.24, 2.45) is 0 Å². The maximum absolute atomic E-state index is 5.97. The number of rotatable bonds is 6. The van der Waals surface area contributed by atoms with Crippen LogP contribution in [0.15, 0.2) is 12.3 Å². The van der Waals surface area contributed by atoms with Gasteiger partial charge in [-0.3, -0.25) is 0 Å². The Morgan fingerprint density at radius 1 is 1.26 bits per heavy atom. The van der Waals surface area contributed by atoms with E-state index < -0.39 is 6.29 Å². The molecule has 0 radical (unpaired) electrons. The van der Waals surface area contributed by atoms with Gasteiger partial charge in [0.15, 0.2) is 5.82 Å². The van der Waals surface area contributed by atoms with Crippen molar-refractivity contribution < 1.29 is 14.2 Å². The highest BCUT2D eigenvalue weighted by Crippen LogP contribution is 2.40. The lowest BCUT2D eigenvalue weighted by atomic mass is 10.0. The molecule has 106 valence electrons. The molecule has 0 bridgehead atoms. The molecule has 1 heterocycles. The Morgan fingerprint density at radius 3 is 2.53 bits per heavy atom. The number of hydrogen-bond acceptors (Lipinski definition) is 5. The van der Waals surface area contributed by atoms with Crippen molar-refractivity contribution in [3.05, 3.63) is 23.8 Å². The van der Waals surface area contributed by atoms with E-state index in [9.17, 15) is 0 Å². The van der Waals surface area contributed by atoms with Gasteiger partial charge in [-0.1, -0.05) is 0 Å². The summed E-state index contributed by atoms with van der Waals surface area (Å²) in [5.41, 5.74) is 0.414. The van der Waals surface area contributed by atoms with Gasteiger partial charge in [-0.05, 0) is 38.7 Å². The zero-order valence-corrected chi connectivity index (χ0v) is 11.9. The highest BCUT2D eigenvalue weighted by molar-refractivity contribution is 5.11. The molecule has 1 aromatic heterocycles. The van der Waals surface area contributed by atoms with Crippen LogP contribution in [0.3, 0.4) is 0 Å². The van der Waals surface area contributed by atoms with E-state index in [1.807, 2.05) is 13.0 Å². The minimum absolute atomic E-state index is 0.323. The molecule has 1 aliphatic carbocycles. The molecule has 0 saturated heterocycles. The van der Waals surface area contributed by atoms with E-state index in [2.05, 4.69) is 9.97 Å². The Morgan fingerprint density at radius 2 is 1.95 bits per heavy atom. The Hall–Kier alpha value is -1.04. The van der Waals surface area contributed by atoms with Crippen LogP contribution >= 0.6 is 0 Å². The molecule has 0 unspecified atom stereocenters. The van der Waals surface area contributed by atoms with Crippen molar-refractivity contribution in [2.75, 3.05) is 20.8 Å². The second kappa shape index (κ2) is 6.41. The molecule has 0 aromatic carbocycles. The van der Waals surface area contributed by atoms with E-state index in [0.717, 1.165) is 37.2 Å². The van der Waals surface area contributed by atoms with Crippen molar-refractivity contribution in [1.29, 1.82) is 0 Å². The van der Waals surface area contributed by atoms with E-state index in [-0.39, 0.29) is 5.60 Å². The number of ether oxygens (including phenoxy) is 3. The lowest BCUT2D eigenvalue weighted by molar-refractivity contribution is -0.109. The predicted octanol–water partition coefficient (Wildman–Crippen LogP) is 2.57. The number of nitrogens with zero attached hydrogens (tertiary/aromatic N) is 2. The summed E-state index contributed by atoms with van der Waals surface area (Å²) in [7, 11) is 3.20. The highest BCUT2D eigenvalue weighted by atomic mass is 16.7. The summed E-state index contributed by atoms with van der Waals surface area (Å²) in [6.45, 7) is 2.68. The normalized spacial score (nSPS) is 18.1. The lowest BCUT2D eigenvalue weighted by Gasteiger charge is -2.27. The van der Waals surface area contributed by atoms with Gasteiger partial charge in [0.2, 0.25) is 6.29 Å². The van der Waals surface area contributed by atoms with Crippen molar-refractivity contribution in [1.82, 2.24) is 9.97 Å². The molecule has 0 atom stereocenters. The molecule has 1 aromatic rings. The van der Waals surface area contributed by atoms with Gasteiger partial charge in [0.25, 0.3) is 0 Å². The van der Waals surface area contributed by atoms with Crippen LogP contribution in [0.25, 0.3) is 0 Å². The van der Waals surface area contributed by atoms with E-state index >= 15 is 0 Å². The molecular weight excluding hydrogens is 244 g/mol. The molecule has 0 spiro atoms. The summed E-state index contributed by atoms with van der Waals surface area (Å²) in [6, 6.07) is 1.82. The fourth-order valence-electron chi connectivity index (χ4n) is 2.72. The maximum Gasteiger partial charge on any atom is 0.200 e. The second-order valence-electron chi connectivity index (χ2n) is 4.74. The van der Waals surface area contributed by atoms with Crippen LogP contribution < -0.4 is 0 Å². The lowest BCUT2D eigenvalue weighted by Crippen LogP contribution is -2.29. The Labute approximate surface area is 114 Å². The summed E-state index contributed by atoms with van der Waals surface area (Å²) in [4.78, 5) is 9.02. The molecule has 0 amide bonds. The SMILES string of the molecule is CCOC1(c2nccc(C(OC)OC)n2)CCCC1. The van der Waals surface area contributed by atoms with E-state index in [1.165, 1.54) is 0 Å². The van der Waals surface area contributed by atoms with Crippen LogP contribution in [0, 0.1) is 0 Å². The van der Waals surface area contributed by atoms with Crippen LogP contribution in [0.5, 0.6) is 0 Å². The molecule has 1 aliphatic rings. The van der Waals surface area contributed by atoms with Crippen molar-refractivity contribution >= 4 is 0 Å². The van der Waals surface area contributed by atoms with Crippen molar-refractivity contribution in [3.8, 4) is 0 Å². The maximum atomic E-state index is 5.97. The van der Waals surface area contributed by atoms with Gasteiger partial charge in [-0.2, -0.15) is 0 Å². The van der Waals surface area contributed by atoms with Gasteiger partial charge >= 0.3 is 0 Å².